The third-order valence-corrected chi connectivity index (χ3v) is 5.09. The summed E-state index contributed by atoms with van der Waals surface area (Å²) < 4.78 is 0. The number of thiazole rings is 1. The van der Waals surface area contributed by atoms with Gasteiger partial charge in [0.25, 0.3) is 5.56 Å². The summed E-state index contributed by atoms with van der Waals surface area (Å²) in [4.78, 5) is 23.9. The van der Waals surface area contributed by atoms with Gasteiger partial charge in [0.2, 0.25) is 0 Å². The maximum absolute atomic E-state index is 12.2. The molecular formula is C17H18N4OS2. The van der Waals surface area contributed by atoms with Crippen LogP contribution in [0, 0.1) is 0 Å². The molecule has 1 aromatic carbocycles. The van der Waals surface area contributed by atoms with Crippen LogP contribution in [-0.2, 0) is 12.2 Å². The van der Waals surface area contributed by atoms with Gasteiger partial charge < -0.3 is 10.3 Å². The van der Waals surface area contributed by atoms with Gasteiger partial charge in [0.05, 0.1) is 5.69 Å². The number of rotatable bonds is 7. The maximum Gasteiger partial charge on any atom is 0.255 e. The monoisotopic (exact) mass is 358 g/mol. The first-order valence-electron chi connectivity index (χ1n) is 7.68. The number of benzene rings is 1. The summed E-state index contributed by atoms with van der Waals surface area (Å²) in [6.45, 7) is 2.90. The van der Waals surface area contributed by atoms with Crippen molar-refractivity contribution in [2.75, 3.05) is 11.9 Å². The Kier molecular flexibility index (Phi) is 5.66. The highest BCUT2D eigenvalue weighted by atomic mass is 32.2. The largest absolute Gasteiger partial charge is 0.362 e. The molecule has 24 heavy (non-hydrogen) atoms. The minimum Gasteiger partial charge on any atom is -0.362 e. The highest BCUT2D eigenvalue weighted by molar-refractivity contribution is 7.98. The zero-order valence-electron chi connectivity index (χ0n) is 13.3. The molecule has 3 aromatic rings. The van der Waals surface area contributed by atoms with Crippen LogP contribution in [0.4, 0.5) is 5.13 Å². The molecule has 0 atom stereocenters. The molecule has 0 amide bonds. The van der Waals surface area contributed by atoms with Crippen LogP contribution in [0.3, 0.4) is 0 Å². The topological polar surface area (TPSA) is 70.7 Å². The lowest BCUT2D eigenvalue weighted by Crippen LogP contribution is -2.14. The van der Waals surface area contributed by atoms with Gasteiger partial charge in [-0.15, -0.1) is 11.3 Å². The van der Waals surface area contributed by atoms with Crippen LogP contribution in [0.15, 0.2) is 51.9 Å². The molecule has 3 rings (SSSR count). The van der Waals surface area contributed by atoms with Crippen molar-refractivity contribution in [2.24, 2.45) is 0 Å². The summed E-state index contributed by atoms with van der Waals surface area (Å²) in [5.41, 5.74) is 2.68. The fourth-order valence-corrected chi connectivity index (χ4v) is 3.78. The van der Waals surface area contributed by atoms with Gasteiger partial charge in [-0.25, -0.2) is 9.97 Å². The van der Waals surface area contributed by atoms with E-state index in [1.807, 2.05) is 42.6 Å². The molecule has 0 aliphatic heterocycles. The van der Waals surface area contributed by atoms with E-state index >= 15 is 0 Å². The van der Waals surface area contributed by atoms with Crippen LogP contribution in [0.5, 0.6) is 0 Å². The zero-order chi connectivity index (χ0) is 16.8. The second-order valence-electron chi connectivity index (χ2n) is 5.17. The molecule has 2 N–H and O–H groups in total. The number of hydrogen-bond acceptors (Lipinski definition) is 6. The Morgan fingerprint density at radius 1 is 1.29 bits per heavy atom. The first-order valence-corrected chi connectivity index (χ1v) is 9.54. The van der Waals surface area contributed by atoms with E-state index in [4.69, 9.17) is 0 Å². The van der Waals surface area contributed by atoms with Gasteiger partial charge in [-0.2, -0.15) is 0 Å². The highest BCUT2D eigenvalue weighted by Gasteiger charge is 2.06. The standard InChI is InChI=1S/C17H18N4OS2/c1-2-18-16-20-14(10-23-16)11-24-17-19-9-13(15(22)21-17)8-12-6-4-3-5-7-12/h3-7,9-10H,2,8,11H2,1H3,(H,18,20)(H,19,21,22). The first-order chi connectivity index (χ1) is 11.7. The average Bonchev–Trinajstić information content (AvgIpc) is 3.04. The molecule has 2 aromatic heterocycles. The van der Waals surface area contributed by atoms with Gasteiger partial charge in [0, 0.05) is 35.9 Å². The van der Waals surface area contributed by atoms with Gasteiger partial charge in [0.1, 0.15) is 0 Å². The van der Waals surface area contributed by atoms with Crippen molar-refractivity contribution in [2.45, 2.75) is 24.3 Å². The Bertz CT molecular complexity index is 845. The summed E-state index contributed by atoms with van der Waals surface area (Å²) in [5.74, 6) is 0.683. The van der Waals surface area contributed by atoms with E-state index in [2.05, 4.69) is 20.3 Å². The molecule has 0 unspecified atom stereocenters. The second-order valence-corrected chi connectivity index (χ2v) is 6.99. The van der Waals surface area contributed by atoms with E-state index in [1.54, 1.807) is 17.5 Å². The number of nitrogens with zero attached hydrogens (tertiary/aromatic N) is 2. The average molecular weight is 358 g/mol. The fourth-order valence-electron chi connectivity index (χ4n) is 2.17. The third kappa shape index (κ3) is 4.46. The fraction of sp³-hybridized carbons (Fsp3) is 0.235. The molecule has 0 fully saturated rings. The summed E-state index contributed by atoms with van der Waals surface area (Å²) in [6.07, 6.45) is 2.26. The van der Waals surface area contributed by atoms with Crippen molar-refractivity contribution in [1.82, 2.24) is 15.0 Å². The molecule has 0 saturated carbocycles. The SMILES string of the molecule is CCNc1nc(CSc2ncc(Cc3ccccc3)c(=O)[nH]2)cs1. The Morgan fingerprint density at radius 2 is 2.12 bits per heavy atom. The van der Waals surface area contributed by atoms with Gasteiger partial charge in [-0.05, 0) is 12.5 Å². The normalized spacial score (nSPS) is 10.7. The Morgan fingerprint density at radius 3 is 2.88 bits per heavy atom. The van der Waals surface area contributed by atoms with E-state index in [0.29, 0.717) is 22.9 Å². The lowest BCUT2D eigenvalue weighted by Gasteiger charge is -2.03. The summed E-state index contributed by atoms with van der Waals surface area (Å²) in [6, 6.07) is 9.91. The number of aromatic nitrogens is 3. The van der Waals surface area contributed by atoms with E-state index < -0.39 is 0 Å². The van der Waals surface area contributed by atoms with Gasteiger partial charge >= 0.3 is 0 Å². The first kappa shape index (κ1) is 16.7. The van der Waals surface area contributed by atoms with Crippen LogP contribution in [0.2, 0.25) is 0 Å². The molecule has 7 heteroatoms. The Hall–Kier alpha value is -2.12. The highest BCUT2D eigenvalue weighted by Crippen LogP contribution is 2.22. The smallest absolute Gasteiger partial charge is 0.255 e. The van der Waals surface area contributed by atoms with E-state index in [0.717, 1.165) is 22.9 Å². The van der Waals surface area contributed by atoms with Gasteiger partial charge in [-0.1, -0.05) is 42.1 Å². The summed E-state index contributed by atoms with van der Waals surface area (Å²) in [7, 11) is 0. The van der Waals surface area contributed by atoms with Gasteiger partial charge in [0.15, 0.2) is 10.3 Å². The van der Waals surface area contributed by atoms with Crippen molar-refractivity contribution in [3.8, 4) is 0 Å². The molecule has 124 valence electrons. The minimum absolute atomic E-state index is 0.0806. The predicted molar refractivity (Wildman–Crippen MR) is 99.9 cm³/mol. The quantitative estimate of drug-likeness (QED) is 0.499. The lowest BCUT2D eigenvalue weighted by atomic mass is 10.1. The van der Waals surface area contributed by atoms with Crippen LogP contribution >= 0.6 is 23.1 Å². The van der Waals surface area contributed by atoms with Crippen molar-refractivity contribution in [3.05, 3.63) is 69.1 Å². The van der Waals surface area contributed by atoms with Crippen LogP contribution in [0.25, 0.3) is 0 Å². The Balaban J connectivity index is 1.62. The van der Waals surface area contributed by atoms with E-state index in [-0.39, 0.29) is 5.56 Å². The van der Waals surface area contributed by atoms with E-state index in [1.165, 1.54) is 11.8 Å². The summed E-state index contributed by atoms with van der Waals surface area (Å²) >= 11 is 3.07. The molecule has 0 bridgehead atoms. The van der Waals surface area contributed by atoms with Crippen molar-refractivity contribution in [1.29, 1.82) is 0 Å². The number of H-pyrrole nitrogens is 1. The zero-order valence-corrected chi connectivity index (χ0v) is 14.9. The van der Waals surface area contributed by atoms with Crippen molar-refractivity contribution in [3.63, 3.8) is 0 Å². The molecule has 0 aliphatic rings. The van der Waals surface area contributed by atoms with Crippen LogP contribution in [-0.4, -0.2) is 21.5 Å². The van der Waals surface area contributed by atoms with Crippen molar-refractivity contribution < 1.29 is 0 Å². The number of nitrogens with one attached hydrogen (secondary N) is 2. The second kappa shape index (κ2) is 8.12. The number of thioether (sulfide) groups is 1. The minimum atomic E-state index is -0.0806. The molecule has 2 heterocycles. The summed E-state index contributed by atoms with van der Waals surface area (Å²) in [5, 5.41) is 6.76. The molecule has 0 aliphatic carbocycles. The number of anilines is 1. The van der Waals surface area contributed by atoms with E-state index in [9.17, 15) is 4.79 Å². The Labute approximate surface area is 148 Å². The van der Waals surface area contributed by atoms with Gasteiger partial charge in [-0.3, -0.25) is 4.79 Å². The lowest BCUT2D eigenvalue weighted by molar-refractivity contribution is 0.899. The predicted octanol–water partition coefficient (Wildman–Crippen LogP) is 3.54. The van der Waals surface area contributed by atoms with Crippen LogP contribution in [0.1, 0.15) is 23.7 Å². The van der Waals surface area contributed by atoms with Crippen LogP contribution < -0.4 is 10.9 Å². The number of aromatic amines is 1. The van der Waals surface area contributed by atoms with Crippen molar-refractivity contribution >= 4 is 28.2 Å². The number of hydrogen-bond donors (Lipinski definition) is 2. The molecule has 5 nitrogen and oxygen atoms in total. The maximum atomic E-state index is 12.2. The third-order valence-electron chi connectivity index (χ3n) is 3.32. The molecule has 0 saturated heterocycles. The molecule has 0 radical (unpaired) electrons. The molecular weight excluding hydrogens is 340 g/mol. The molecule has 0 spiro atoms.